The highest BCUT2D eigenvalue weighted by atomic mass is 19.4. The van der Waals surface area contributed by atoms with Crippen molar-refractivity contribution in [2.24, 2.45) is 0 Å². The summed E-state index contributed by atoms with van der Waals surface area (Å²) in [6.07, 6.45) is -12.6. The molecule has 0 aliphatic carbocycles. The molecule has 1 saturated heterocycles. The van der Waals surface area contributed by atoms with Gasteiger partial charge in [-0.05, 0) is 13.8 Å². The molecule has 1 rings (SSSR count). The maximum Gasteiger partial charge on any atom is 0.490 e. The molecule has 7 nitrogen and oxygen atoms in total. The fourth-order valence-corrected chi connectivity index (χ4v) is 2.09. The van der Waals surface area contributed by atoms with E-state index in [1.54, 1.807) is 0 Å². The third-order valence-corrected chi connectivity index (χ3v) is 3.01. The zero-order valence-corrected chi connectivity index (χ0v) is 13.2. The van der Waals surface area contributed by atoms with Crippen molar-refractivity contribution in [1.82, 2.24) is 0 Å². The van der Waals surface area contributed by atoms with E-state index < -0.39 is 54.4 Å². The monoisotopic (exact) mass is 360 g/mol. The van der Waals surface area contributed by atoms with E-state index in [0.717, 1.165) is 27.7 Å². The van der Waals surface area contributed by atoms with Gasteiger partial charge < -0.3 is 18.9 Å². The van der Waals surface area contributed by atoms with E-state index in [1.165, 1.54) is 0 Å². The number of rotatable bonds is 4. The van der Waals surface area contributed by atoms with Crippen molar-refractivity contribution in [2.75, 3.05) is 0 Å². The number of carbonyl (C=O) groups excluding carboxylic acids is 3. The molecule has 1 aliphatic heterocycles. The summed E-state index contributed by atoms with van der Waals surface area (Å²) in [5.74, 6) is -4.35. The van der Waals surface area contributed by atoms with Gasteiger partial charge in [-0.2, -0.15) is 13.2 Å². The number of ether oxygens (including phenoxy) is 4. The van der Waals surface area contributed by atoms with E-state index in [0.29, 0.717) is 0 Å². The minimum atomic E-state index is -5.29. The first-order valence-corrected chi connectivity index (χ1v) is 6.70. The molecule has 0 N–H and O–H groups in total. The standard InChI is InChI=1S/C13H16F4O7/c1-5(18)21-8-7(14)9(23-10(8)22-6(2)19)12(3,4)24-11(20)13(15,16)17/h7-10H,1-4H3. The average molecular weight is 360 g/mol. The molecule has 0 aromatic rings. The molecule has 0 spiro atoms. The Morgan fingerprint density at radius 3 is 1.92 bits per heavy atom. The van der Waals surface area contributed by atoms with Crippen molar-refractivity contribution in [3.63, 3.8) is 0 Å². The molecule has 0 aromatic heterocycles. The molecule has 0 aromatic carbocycles. The third kappa shape index (κ3) is 4.79. The van der Waals surface area contributed by atoms with E-state index in [1.807, 2.05) is 0 Å². The minimum absolute atomic E-state index is 0.893. The fraction of sp³-hybridized carbons (Fsp3) is 0.769. The Morgan fingerprint density at radius 1 is 1.00 bits per heavy atom. The largest absolute Gasteiger partial charge is 0.490 e. The lowest BCUT2D eigenvalue weighted by Gasteiger charge is -2.31. The van der Waals surface area contributed by atoms with Crippen LogP contribution in [0.4, 0.5) is 17.6 Å². The van der Waals surface area contributed by atoms with E-state index >= 15 is 0 Å². The lowest BCUT2D eigenvalue weighted by molar-refractivity contribution is -0.231. The van der Waals surface area contributed by atoms with Gasteiger partial charge in [0.25, 0.3) is 0 Å². The van der Waals surface area contributed by atoms with Crippen molar-refractivity contribution < 1.29 is 50.9 Å². The highest BCUT2D eigenvalue weighted by molar-refractivity contribution is 5.76. The second kappa shape index (κ2) is 6.91. The van der Waals surface area contributed by atoms with Crippen LogP contribution in [0.15, 0.2) is 0 Å². The van der Waals surface area contributed by atoms with Crippen LogP contribution >= 0.6 is 0 Å². The van der Waals surface area contributed by atoms with Crippen LogP contribution < -0.4 is 0 Å². The SMILES string of the molecule is CC(=O)OC1OC(C(C)(C)OC(=O)C(F)(F)F)C(F)C1OC(C)=O. The number of hydrogen-bond donors (Lipinski definition) is 0. The van der Waals surface area contributed by atoms with Crippen LogP contribution in [0.3, 0.4) is 0 Å². The van der Waals surface area contributed by atoms with E-state index in [4.69, 9.17) is 4.74 Å². The summed E-state index contributed by atoms with van der Waals surface area (Å²) in [7, 11) is 0. The van der Waals surface area contributed by atoms with Crippen LogP contribution in [-0.4, -0.2) is 54.4 Å². The summed E-state index contributed by atoms with van der Waals surface area (Å²) in [4.78, 5) is 33.0. The van der Waals surface area contributed by atoms with Crippen molar-refractivity contribution in [1.29, 1.82) is 0 Å². The molecule has 24 heavy (non-hydrogen) atoms. The van der Waals surface area contributed by atoms with Crippen LogP contribution in [0.25, 0.3) is 0 Å². The Morgan fingerprint density at radius 2 is 1.50 bits per heavy atom. The zero-order valence-electron chi connectivity index (χ0n) is 13.2. The number of halogens is 4. The summed E-state index contributed by atoms with van der Waals surface area (Å²) < 4.78 is 70.0. The number of hydrogen-bond acceptors (Lipinski definition) is 7. The summed E-state index contributed by atoms with van der Waals surface area (Å²) in [5, 5.41) is 0. The van der Waals surface area contributed by atoms with Crippen LogP contribution in [0.1, 0.15) is 27.7 Å². The molecule has 1 aliphatic rings. The van der Waals surface area contributed by atoms with Crippen LogP contribution in [-0.2, 0) is 33.3 Å². The molecule has 0 radical (unpaired) electrons. The second-order valence-corrected chi connectivity index (χ2v) is 5.54. The van der Waals surface area contributed by atoms with Gasteiger partial charge in [-0.25, -0.2) is 9.18 Å². The van der Waals surface area contributed by atoms with E-state index in [2.05, 4.69) is 14.2 Å². The Bertz CT molecular complexity index is 517. The van der Waals surface area contributed by atoms with Crippen molar-refractivity contribution in [3.8, 4) is 0 Å². The molecule has 138 valence electrons. The predicted octanol–water partition coefficient (Wildman–Crippen LogP) is 1.43. The normalized spacial score (nSPS) is 27.5. The smallest absolute Gasteiger partial charge is 0.453 e. The highest BCUT2D eigenvalue weighted by Gasteiger charge is 2.57. The molecule has 0 amide bonds. The van der Waals surface area contributed by atoms with Gasteiger partial charge in [-0.3, -0.25) is 9.59 Å². The van der Waals surface area contributed by atoms with Crippen LogP contribution in [0.2, 0.25) is 0 Å². The van der Waals surface area contributed by atoms with Crippen molar-refractivity contribution in [2.45, 2.75) is 64.1 Å². The quantitative estimate of drug-likeness (QED) is 0.426. The summed E-state index contributed by atoms with van der Waals surface area (Å²) in [6, 6.07) is 0. The average Bonchev–Trinajstić information content (AvgIpc) is 2.65. The summed E-state index contributed by atoms with van der Waals surface area (Å²) >= 11 is 0. The minimum Gasteiger partial charge on any atom is -0.453 e. The highest BCUT2D eigenvalue weighted by Crippen LogP contribution is 2.36. The molecular weight excluding hydrogens is 344 g/mol. The molecule has 4 atom stereocenters. The first-order valence-electron chi connectivity index (χ1n) is 6.70. The molecule has 11 heteroatoms. The first-order chi connectivity index (χ1) is 10.8. The Hall–Kier alpha value is -1.91. The summed E-state index contributed by atoms with van der Waals surface area (Å²) in [6.45, 7) is 3.90. The fourth-order valence-electron chi connectivity index (χ4n) is 2.09. The third-order valence-electron chi connectivity index (χ3n) is 3.01. The van der Waals surface area contributed by atoms with Gasteiger partial charge in [0.15, 0.2) is 12.3 Å². The maximum absolute atomic E-state index is 14.5. The van der Waals surface area contributed by atoms with Gasteiger partial charge in [0.05, 0.1) is 0 Å². The maximum atomic E-state index is 14.5. The number of carbonyl (C=O) groups is 3. The van der Waals surface area contributed by atoms with Gasteiger partial charge in [-0.1, -0.05) is 0 Å². The molecule has 0 bridgehead atoms. The number of alkyl halides is 4. The topological polar surface area (TPSA) is 88.1 Å². The Balaban J connectivity index is 2.99. The predicted molar refractivity (Wildman–Crippen MR) is 67.1 cm³/mol. The Labute approximate surface area is 134 Å². The summed E-state index contributed by atoms with van der Waals surface area (Å²) in [5.41, 5.74) is -2.08. The molecule has 4 unspecified atom stereocenters. The van der Waals surface area contributed by atoms with Gasteiger partial charge in [0.2, 0.25) is 6.29 Å². The van der Waals surface area contributed by atoms with Crippen LogP contribution in [0.5, 0.6) is 0 Å². The van der Waals surface area contributed by atoms with Crippen molar-refractivity contribution in [3.05, 3.63) is 0 Å². The van der Waals surface area contributed by atoms with Gasteiger partial charge in [0.1, 0.15) is 11.7 Å². The zero-order chi connectivity index (χ0) is 18.9. The van der Waals surface area contributed by atoms with Crippen molar-refractivity contribution >= 4 is 17.9 Å². The van der Waals surface area contributed by atoms with E-state index in [-0.39, 0.29) is 0 Å². The Kier molecular flexibility index (Phi) is 5.80. The lowest BCUT2D eigenvalue weighted by atomic mass is 9.96. The van der Waals surface area contributed by atoms with Gasteiger partial charge in [-0.15, -0.1) is 0 Å². The molecular formula is C13H16F4O7. The molecule has 0 saturated carbocycles. The first kappa shape index (κ1) is 20.1. The van der Waals surface area contributed by atoms with Crippen LogP contribution in [0, 0.1) is 0 Å². The molecule has 1 fully saturated rings. The molecule has 1 heterocycles. The lowest BCUT2D eigenvalue weighted by Crippen LogP contribution is -2.48. The number of esters is 3. The van der Waals surface area contributed by atoms with Gasteiger partial charge in [0, 0.05) is 13.8 Å². The van der Waals surface area contributed by atoms with E-state index in [9.17, 15) is 31.9 Å². The second-order valence-electron chi connectivity index (χ2n) is 5.54. The van der Waals surface area contributed by atoms with Gasteiger partial charge >= 0.3 is 24.1 Å².